The zero-order valence-corrected chi connectivity index (χ0v) is 12.0. The van der Waals surface area contributed by atoms with E-state index in [0.717, 1.165) is 19.5 Å². The van der Waals surface area contributed by atoms with Crippen LogP contribution in [0.1, 0.15) is 25.7 Å². The Bertz CT molecular complexity index is 302. The van der Waals surface area contributed by atoms with Gasteiger partial charge in [0.1, 0.15) is 6.29 Å². The highest BCUT2D eigenvalue weighted by atomic mass is 19.4. The van der Waals surface area contributed by atoms with Crippen molar-refractivity contribution in [2.75, 3.05) is 33.2 Å². The van der Waals surface area contributed by atoms with Crippen LogP contribution in [0.2, 0.25) is 0 Å². The van der Waals surface area contributed by atoms with Crippen LogP contribution in [-0.2, 0) is 0 Å². The van der Waals surface area contributed by atoms with E-state index in [2.05, 4.69) is 10.2 Å². The molecule has 0 aromatic heterocycles. The van der Waals surface area contributed by atoms with Crippen LogP contribution in [0.5, 0.6) is 0 Å². The van der Waals surface area contributed by atoms with Gasteiger partial charge in [0.05, 0.1) is 5.92 Å². The first-order chi connectivity index (χ1) is 9.43. The second-order valence-corrected chi connectivity index (χ2v) is 5.81. The first kappa shape index (κ1) is 16.0. The molecule has 1 aliphatic heterocycles. The lowest BCUT2D eigenvalue weighted by atomic mass is 9.82. The molecule has 118 valence electrons. The number of piperazine rings is 1. The minimum Gasteiger partial charge on any atom is -0.303 e. The predicted octanol–water partition coefficient (Wildman–Crippen LogP) is 1.19. The molecule has 1 saturated carbocycles. The van der Waals surface area contributed by atoms with Crippen molar-refractivity contribution in [2.45, 2.75) is 44.2 Å². The van der Waals surface area contributed by atoms with Gasteiger partial charge in [0.15, 0.2) is 0 Å². The first-order valence-corrected chi connectivity index (χ1v) is 7.41. The molecule has 3 atom stereocenters. The molecule has 0 aromatic rings. The van der Waals surface area contributed by atoms with E-state index < -0.39 is 12.1 Å². The van der Waals surface area contributed by atoms with Gasteiger partial charge in [-0.3, -0.25) is 15.1 Å². The Morgan fingerprint density at radius 1 is 1.10 bits per heavy atom. The summed E-state index contributed by atoms with van der Waals surface area (Å²) >= 11 is 0. The van der Waals surface area contributed by atoms with E-state index in [1.54, 1.807) is 7.05 Å². The number of alkyl halides is 3. The third-order valence-electron chi connectivity index (χ3n) is 4.66. The summed E-state index contributed by atoms with van der Waals surface area (Å²) in [7, 11) is 1.79. The van der Waals surface area contributed by atoms with Gasteiger partial charge in [-0.05, 0) is 19.9 Å². The zero-order chi connectivity index (χ0) is 14.8. The summed E-state index contributed by atoms with van der Waals surface area (Å²) < 4.78 is 39.4. The maximum absolute atomic E-state index is 13.1. The SMILES string of the molecule is CNC(N)N1CCN(C2CCCCC2C(F)(F)F)CC1. The van der Waals surface area contributed by atoms with Gasteiger partial charge >= 0.3 is 6.18 Å². The van der Waals surface area contributed by atoms with E-state index >= 15 is 0 Å². The van der Waals surface area contributed by atoms with Crippen molar-refractivity contribution >= 4 is 0 Å². The molecule has 1 heterocycles. The zero-order valence-electron chi connectivity index (χ0n) is 12.0. The summed E-state index contributed by atoms with van der Waals surface area (Å²) in [5.41, 5.74) is 5.88. The van der Waals surface area contributed by atoms with Crippen molar-refractivity contribution < 1.29 is 13.2 Å². The molecule has 2 aliphatic rings. The van der Waals surface area contributed by atoms with Crippen molar-refractivity contribution in [1.29, 1.82) is 0 Å². The quantitative estimate of drug-likeness (QED) is 0.768. The summed E-state index contributed by atoms with van der Waals surface area (Å²) in [6.45, 7) is 2.80. The minimum atomic E-state index is -4.07. The molecule has 0 amide bonds. The topological polar surface area (TPSA) is 44.5 Å². The molecule has 2 fully saturated rings. The molecule has 3 N–H and O–H groups in total. The average molecular weight is 294 g/mol. The Hall–Kier alpha value is -0.370. The van der Waals surface area contributed by atoms with Crippen LogP contribution in [0, 0.1) is 5.92 Å². The molecule has 1 aliphatic carbocycles. The monoisotopic (exact) mass is 294 g/mol. The van der Waals surface area contributed by atoms with Crippen molar-refractivity contribution in [2.24, 2.45) is 11.7 Å². The van der Waals surface area contributed by atoms with Crippen molar-refractivity contribution in [1.82, 2.24) is 15.1 Å². The second kappa shape index (κ2) is 6.60. The molecule has 4 nitrogen and oxygen atoms in total. The maximum atomic E-state index is 13.1. The number of nitrogens with zero attached hydrogens (tertiary/aromatic N) is 2. The van der Waals surface area contributed by atoms with E-state index in [0.29, 0.717) is 25.9 Å². The number of hydrogen-bond donors (Lipinski definition) is 2. The molecule has 0 aromatic carbocycles. The molecule has 7 heteroatoms. The number of nitrogens with two attached hydrogens (primary N) is 1. The van der Waals surface area contributed by atoms with Crippen LogP contribution < -0.4 is 11.1 Å². The largest absolute Gasteiger partial charge is 0.393 e. The van der Waals surface area contributed by atoms with Crippen LogP contribution in [0.15, 0.2) is 0 Å². The molecule has 20 heavy (non-hydrogen) atoms. The van der Waals surface area contributed by atoms with E-state index in [1.165, 1.54) is 0 Å². The standard InChI is InChI=1S/C13H25F3N4/c1-18-12(17)20-8-6-19(7-9-20)11-5-3-2-4-10(11)13(14,15)16/h10-12,18H,2-9,17H2,1H3. The number of rotatable bonds is 3. The summed E-state index contributed by atoms with van der Waals surface area (Å²) in [4.78, 5) is 4.10. The van der Waals surface area contributed by atoms with Gasteiger partial charge in [-0.1, -0.05) is 12.8 Å². The molecule has 0 bridgehead atoms. The molecular formula is C13H25F3N4. The lowest BCUT2D eigenvalue weighted by Gasteiger charge is -2.45. The molecule has 0 radical (unpaired) electrons. The van der Waals surface area contributed by atoms with Gasteiger partial charge in [0.25, 0.3) is 0 Å². The summed E-state index contributed by atoms with van der Waals surface area (Å²) in [5, 5.41) is 2.97. The lowest BCUT2D eigenvalue weighted by Crippen LogP contribution is -2.60. The van der Waals surface area contributed by atoms with Gasteiger partial charge in [-0.25, -0.2) is 0 Å². The fraction of sp³-hybridized carbons (Fsp3) is 1.00. The van der Waals surface area contributed by atoms with Gasteiger partial charge in [-0.2, -0.15) is 13.2 Å². The van der Waals surface area contributed by atoms with Crippen molar-refractivity contribution in [3.8, 4) is 0 Å². The van der Waals surface area contributed by atoms with Crippen molar-refractivity contribution in [3.05, 3.63) is 0 Å². The third kappa shape index (κ3) is 3.63. The average Bonchev–Trinajstić information content (AvgIpc) is 2.46. The lowest BCUT2D eigenvalue weighted by molar-refractivity contribution is -0.201. The maximum Gasteiger partial charge on any atom is 0.393 e. The van der Waals surface area contributed by atoms with Crippen LogP contribution >= 0.6 is 0 Å². The Balaban J connectivity index is 1.94. The highest BCUT2D eigenvalue weighted by molar-refractivity contribution is 4.89. The first-order valence-electron chi connectivity index (χ1n) is 7.41. The third-order valence-corrected chi connectivity index (χ3v) is 4.66. The van der Waals surface area contributed by atoms with E-state index in [9.17, 15) is 13.2 Å². The van der Waals surface area contributed by atoms with Crippen LogP contribution in [-0.4, -0.2) is 61.5 Å². The molecule has 1 saturated heterocycles. The molecular weight excluding hydrogens is 269 g/mol. The highest BCUT2D eigenvalue weighted by Gasteiger charge is 2.47. The second-order valence-electron chi connectivity index (χ2n) is 5.81. The summed E-state index contributed by atoms with van der Waals surface area (Å²) in [5.74, 6) is -1.15. The van der Waals surface area contributed by atoms with E-state index in [1.807, 2.05) is 4.90 Å². The summed E-state index contributed by atoms with van der Waals surface area (Å²) in [6, 6.07) is -0.336. The Morgan fingerprint density at radius 3 is 2.25 bits per heavy atom. The number of hydrogen-bond acceptors (Lipinski definition) is 4. The number of nitrogens with one attached hydrogen (secondary N) is 1. The summed E-state index contributed by atoms with van der Waals surface area (Å²) in [6.07, 6.45) is -1.71. The fourth-order valence-corrected chi connectivity index (χ4v) is 3.46. The Morgan fingerprint density at radius 2 is 1.70 bits per heavy atom. The van der Waals surface area contributed by atoms with Crippen LogP contribution in [0.3, 0.4) is 0 Å². The smallest absolute Gasteiger partial charge is 0.303 e. The van der Waals surface area contributed by atoms with E-state index in [-0.39, 0.29) is 18.8 Å². The number of halogens is 3. The molecule has 0 spiro atoms. The minimum absolute atomic E-state index is 0.207. The van der Waals surface area contributed by atoms with Crippen LogP contribution in [0.4, 0.5) is 13.2 Å². The Kier molecular flexibility index (Phi) is 5.28. The molecule has 2 rings (SSSR count). The van der Waals surface area contributed by atoms with Gasteiger partial charge in [-0.15, -0.1) is 0 Å². The fourth-order valence-electron chi connectivity index (χ4n) is 3.46. The highest BCUT2D eigenvalue weighted by Crippen LogP contribution is 2.40. The Labute approximate surface area is 118 Å². The van der Waals surface area contributed by atoms with Gasteiger partial charge in [0, 0.05) is 32.2 Å². The van der Waals surface area contributed by atoms with E-state index in [4.69, 9.17) is 5.73 Å². The normalized spacial score (nSPS) is 32.2. The van der Waals surface area contributed by atoms with Gasteiger partial charge < -0.3 is 5.73 Å². The predicted molar refractivity (Wildman–Crippen MR) is 72.0 cm³/mol. The van der Waals surface area contributed by atoms with Gasteiger partial charge in [0.2, 0.25) is 0 Å². The molecule has 3 unspecified atom stereocenters. The van der Waals surface area contributed by atoms with Crippen LogP contribution in [0.25, 0.3) is 0 Å². The van der Waals surface area contributed by atoms with Crippen molar-refractivity contribution in [3.63, 3.8) is 0 Å².